The number of aliphatic hydroxyl groups excluding tert-OH is 3. The molecule has 0 fully saturated rings. The van der Waals surface area contributed by atoms with Gasteiger partial charge in [0.05, 0.1) is 12.2 Å². The van der Waals surface area contributed by atoms with Crippen molar-refractivity contribution in [1.29, 1.82) is 0 Å². The maximum Gasteiger partial charge on any atom is 0.305 e. The van der Waals surface area contributed by atoms with Crippen molar-refractivity contribution in [3.8, 4) is 0 Å². The minimum Gasteiger partial charge on any atom is -0.463 e. The first-order valence-corrected chi connectivity index (χ1v) is 20.4. The highest BCUT2D eigenvalue weighted by Gasteiger charge is 2.16. The Balaban J connectivity index is 3.65. The minimum absolute atomic E-state index is 0.0690. The zero-order valence-electron chi connectivity index (χ0n) is 32.1. The maximum absolute atomic E-state index is 12.0. The quantitative estimate of drug-likeness (QED) is 0.0338. The molecular weight excluding hydrogens is 628 g/mol. The topological polar surface area (TPSA) is 113 Å². The molecule has 0 unspecified atom stereocenters. The number of allylic oxidation sites excluding steroid dienone is 7. The number of esters is 2. The second kappa shape index (κ2) is 38.0. The predicted molar refractivity (Wildman–Crippen MR) is 208 cm³/mol. The molecule has 0 spiro atoms. The van der Waals surface area contributed by atoms with Gasteiger partial charge in [0.25, 0.3) is 0 Å². The van der Waals surface area contributed by atoms with Gasteiger partial charge in [-0.1, -0.05) is 165 Å². The van der Waals surface area contributed by atoms with Crippen LogP contribution in [0, 0.1) is 0 Å². The van der Waals surface area contributed by atoms with E-state index in [1.54, 1.807) is 0 Å². The fourth-order valence-electron chi connectivity index (χ4n) is 5.59. The smallest absolute Gasteiger partial charge is 0.305 e. The molecule has 0 saturated carbocycles. The van der Waals surface area contributed by atoms with Gasteiger partial charge in [-0.15, -0.1) is 0 Å². The van der Waals surface area contributed by atoms with Gasteiger partial charge in [0.1, 0.15) is 19.3 Å². The molecule has 0 aliphatic heterocycles. The van der Waals surface area contributed by atoms with Crippen LogP contribution in [0.1, 0.15) is 181 Å². The molecule has 0 aliphatic rings. The summed E-state index contributed by atoms with van der Waals surface area (Å²) in [5.74, 6) is -0.839. The highest BCUT2D eigenvalue weighted by molar-refractivity contribution is 5.69. The molecule has 0 aromatic carbocycles. The Morgan fingerprint density at radius 1 is 0.480 bits per heavy atom. The molecule has 50 heavy (non-hydrogen) atoms. The van der Waals surface area contributed by atoms with Gasteiger partial charge in [-0.3, -0.25) is 9.59 Å². The first-order valence-electron chi connectivity index (χ1n) is 20.4. The Hall–Kier alpha value is -2.22. The number of hydrogen-bond acceptors (Lipinski definition) is 7. The lowest BCUT2D eigenvalue weighted by Gasteiger charge is -2.16. The average molecular weight is 705 g/mol. The van der Waals surface area contributed by atoms with E-state index in [0.29, 0.717) is 19.3 Å². The predicted octanol–water partition coefficient (Wildman–Crippen LogP) is 10.6. The van der Waals surface area contributed by atoms with Crippen molar-refractivity contribution in [1.82, 2.24) is 0 Å². The average Bonchev–Trinajstić information content (AvgIpc) is 3.11. The standard InChI is InChI=1S/C43H76O7/c1-3-5-7-9-11-13-15-17-18-19-20-21-23-25-27-29-31-35-42(47)49-37-39(44)38-50-43(48)36-32-34-41(46)40(45)33-30-28-26-24-22-16-14-12-10-8-6-4-2/h6,8,12,14,22,24,28,30,39-41,44-46H,3-5,7,9-11,13,15-21,23,25-27,29,31-38H2,1-2H3/b8-6-,14-12-,24-22-,30-28-/t39-,40-,41-/m0/s1. The van der Waals surface area contributed by atoms with Crippen molar-refractivity contribution in [3.05, 3.63) is 48.6 Å². The molecule has 0 aliphatic carbocycles. The van der Waals surface area contributed by atoms with E-state index in [2.05, 4.69) is 50.3 Å². The molecule has 0 saturated heterocycles. The zero-order valence-corrected chi connectivity index (χ0v) is 32.1. The second-order valence-corrected chi connectivity index (χ2v) is 13.7. The van der Waals surface area contributed by atoms with E-state index < -0.39 is 24.3 Å². The lowest BCUT2D eigenvalue weighted by molar-refractivity contribution is -0.152. The monoisotopic (exact) mass is 705 g/mol. The number of unbranched alkanes of at least 4 members (excludes halogenated alkanes) is 16. The lowest BCUT2D eigenvalue weighted by Crippen LogP contribution is -2.26. The lowest BCUT2D eigenvalue weighted by atomic mass is 10.0. The summed E-state index contributed by atoms with van der Waals surface area (Å²) in [7, 11) is 0. The molecule has 0 heterocycles. The molecule has 0 rings (SSSR count). The van der Waals surface area contributed by atoms with Crippen LogP contribution in [0.3, 0.4) is 0 Å². The minimum atomic E-state index is -1.07. The van der Waals surface area contributed by atoms with Crippen molar-refractivity contribution in [2.75, 3.05) is 13.2 Å². The molecular formula is C43H76O7. The summed E-state index contributed by atoms with van der Waals surface area (Å²) in [5, 5.41) is 30.4. The molecule has 290 valence electrons. The number of hydrogen-bond donors (Lipinski definition) is 3. The van der Waals surface area contributed by atoms with Gasteiger partial charge in [-0.2, -0.15) is 0 Å². The summed E-state index contributed by atoms with van der Waals surface area (Å²) < 4.78 is 10.2. The number of carbonyl (C=O) groups excluding carboxylic acids is 2. The van der Waals surface area contributed by atoms with E-state index >= 15 is 0 Å². The highest BCUT2D eigenvalue weighted by atomic mass is 16.6. The van der Waals surface area contributed by atoms with E-state index in [9.17, 15) is 24.9 Å². The normalized spacial score (nSPS) is 13.9. The van der Waals surface area contributed by atoms with Crippen LogP contribution in [0.25, 0.3) is 0 Å². The first-order chi connectivity index (χ1) is 24.4. The van der Waals surface area contributed by atoms with Crippen molar-refractivity contribution >= 4 is 11.9 Å². The third-order valence-corrected chi connectivity index (χ3v) is 8.78. The second-order valence-electron chi connectivity index (χ2n) is 13.7. The van der Waals surface area contributed by atoms with Crippen molar-refractivity contribution in [3.63, 3.8) is 0 Å². The summed E-state index contributed by atoms with van der Waals surface area (Å²) in [6.45, 7) is 3.94. The Kier molecular flexibility index (Phi) is 36.3. The van der Waals surface area contributed by atoms with E-state index in [-0.39, 0.29) is 32.0 Å². The third kappa shape index (κ3) is 35.6. The Labute approximate surface area is 306 Å². The summed E-state index contributed by atoms with van der Waals surface area (Å²) in [6, 6.07) is 0. The summed E-state index contributed by atoms with van der Waals surface area (Å²) in [4.78, 5) is 24.0. The molecule has 0 radical (unpaired) electrons. The molecule has 0 amide bonds. The molecule has 3 N–H and O–H groups in total. The van der Waals surface area contributed by atoms with Crippen LogP contribution in [0.4, 0.5) is 0 Å². The van der Waals surface area contributed by atoms with Crippen LogP contribution in [0.15, 0.2) is 48.6 Å². The molecule has 0 bridgehead atoms. The first kappa shape index (κ1) is 47.8. The third-order valence-electron chi connectivity index (χ3n) is 8.78. The Bertz CT molecular complexity index is 878. The molecule has 7 nitrogen and oxygen atoms in total. The van der Waals surface area contributed by atoms with E-state index in [1.165, 1.54) is 89.9 Å². The number of carbonyl (C=O) groups is 2. The van der Waals surface area contributed by atoms with E-state index in [4.69, 9.17) is 9.47 Å². The van der Waals surface area contributed by atoms with Crippen molar-refractivity contribution in [2.24, 2.45) is 0 Å². The van der Waals surface area contributed by atoms with E-state index in [1.807, 2.05) is 12.2 Å². The van der Waals surface area contributed by atoms with Crippen molar-refractivity contribution in [2.45, 2.75) is 199 Å². The number of ether oxygens (including phenoxy) is 2. The number of rotatable bonds is 36. The van der Waals surface area contributed by atoms with Gasteiger partial charge >= 0.3 is 11.9 Å². The van der Waals surface area contributed by atoms with Gasteiger partial charge in [0.2, 0.25) is 0 Å². The number of aliphatic hydroxyl groups is 3. The molecule has 0 aromatic heterocycles. The van der Waals surface area contributed by atoms with Gasteiger partial charge < -0.3 is 24.8 Å². The van der Waals surface area contributed by atoms with Gasteiger partial charge in [-0.05, 0) is 51.4 Å². The van der Waals surface area contributed by atoms with E-state index in [0.717, 1.165) is 44.9 Å². The fourth-order valence-corrected chi connectivity index (χ4v) is 5.59. The zero-order chi connectivity index (χ0) is 36.8. The molecule has 3 atom stereocenters. The summed E-state index contributed by atoms with van der Waals surface area (Å²) in [5.41, 5.74) is 0. The van der Waals surface area contributed by atoms with Crippen LogP contribution in [0.5, 0.6) is 0 Å². The van der Waals surface area contributed by atoms with Crippen LogP contribution in [-0.2, 0) is 19.1 Å². The molecule has 0 aromatic rings. The SMILES string of the molecule is CC/C=C\C/C=C\C/C=C\C/C=C\C[C@H](O)[C@@H](O)CCCC(=O)OC[C@@H](O)COC(=O)CCCCCCCCCCCCCCCCCCC. The highest BCUT2D eigenvalue weighted by Crippen LogP contribution is 2.15. The maximum atomic E-state index is 12.0. The summed E-state index contributed by atoms with van der Waals surface area (Å²) in [6.07, 6.45) is 40.6. The Morgan fingerprint density at radius 2 is 0.860 bits per heavy atom. The van der Waals surface area contributed by atoms with Gasteiger partial charge in [0, 0.05) is 12.8 Å². The largest absolute Gasteiger partial charge is 0.463 e. The summed E-state index contributed by atoms with van der Waals surface area (Å²) >= 11 is 0. The Morgan fingerprint density at radius 3 is 1.30 bits per heavy atom. The van der Waals surface area contributed by atoms with Crippen LogP contribution >= 0.6 is 0 Å². The van der Waals surface area contributed by atoms with Gasteiger partial charge in [-0.25, -0.2) is 0 Å². The fraction of sp³-hybridized carbons (Fsp3) is 0.767. The van der Waals surface area contributed by atoms with Crippen molar-refractivity contribution < 1.29 is 34.4 Å². The molecule has 7 heteroatoms. The van der Waals surface area contributed by atoms with Gasteiger partial charge in [0.15, 0.2) is 0 Å². The van der Waals surface area contributed by atoms with Crippen LogP contribution in [0.2, 0.25) is 0 Å². The van der Waals surface area contributed by atoms with Crippen LogP contribution < -0.4 is 0 Å². The van der Waals surface area contributed by atoms with Crippen LogP contribution in [-0.4, -0.2) is 58.8 Å².